The van der Waals surface area contributed by atoms with Crippen molar-refractivity contribution < 1.29 is 4.39 Å². The van der Waals surface area contributed by atoms with Crippen molar-refractivity contribution in [2.75, 3.05) is 6.26 Å². The van der Waals surface area contributed by atoms with Crippen LogP contribution < -0.4 is 5.32 Å². The van der Waals surface area contributed by atoms with Gasteiger partial charge in [0.25, 0.3) is 0 Å². The first-order valence-corrected chi connectivity index (χ1v) is 8.18. The predicted molar refractivity (Wildman–Crippen MR) is 80.3 cm³/mol. The average molecular weight is 296 g/mol. The number of nitrogens with one attached hydrogen (secondary N) is 1. The topological polar surface area (TPSA) is 24.9 Å². The van der Waals surface area contributed by atoms with Crippen molar-refractivity contribution in [1.29, 1.82) is 0 Å². The Morgan fingerprint density at radius 1 is 1.47 bits per heavy atom. The molecule has 5 heteroatoms. The van der Waals surface area contributed by atoms with E-state index in [0.29, 0.717) is 4.90 Å². The Kier molecular flexibility index (Phi) is 4.96. The van der Waals surface area contributed by atoms with Crippen LogP contribution >= 0.6 is 23.1 Å². The molecule has 0 fully saturated rings. The molecule has 0 aliphatic heterocycles. The molecular weight excluding hydrogens is 279 g/mol. The summed E-state index contributed by atoms with van der Waals surface area (Å²) in [6, 6.07) is 5.55. The van der Waals surface area contributed by atoms with Crippen molar-refractivity contribution in [3.8, 4) is 0 Å². The fourth-order valence-corrected chi connectivity index (χ4v) is 3.00. The molecule has 1 heterocycles. The van der Waals surface area contributed by atoms with Crippen LogP contribution in [0.2, 0.25) is 0 Å². The van der Waals surface area contributed by atoms with Gasteiger partial charge >= 0.3 is 0 Å². The summed E-state index contributed by atoms with van der Waals surface area (Å²) in [4.78, 5) is 6.14. The van der Waals surface area contributed by atoms with E-state index < -0.39 is 0 Å². The molecule has 0 saturated carbocycles. The number of benzene rings is 1. The van der Waals surface area contributed by atoms with Gasteiger partial charge in [-0.25, -0.2) is 9.37 Å². The highest BCUT2D eigenvalue weighted by Gasteiger charge is 2.10. The fraction of sp³-hybridized carbons (Fsp3) is 0.357. The first kappa shape index (κ1) is 14.5. The third-order valence-electron chi connectivity index (χ3n) is 3.09. The number of hydrogen-bond acceptors (Lipinski definition) is 4. The molecule has 0 aliphatic carbocycles. The largest absolute Gasteiger partial charge is 0.305 e. The number of aryl methyl sites for hydroxylation is 1. The standard InChI is InChI=1S/C14H17FN2S2/c1-9(16-7-14-10(2)17-8-19-14)11-4-5-13(18-3)12(15)6-11/h4-6,8-9,16H,7H2,1-3H3. The van der Waals surface area contributed by atoms with Crippen LogP contribution in [0.15, 0.2) is 28.6 Å². The van der Waals surface area contributed by atoms with E-state index in [9.17, 15) is 4.39 Å². The van der Waals surface area contributed by atoms with Crippen LogP contribution in [0.1, 0.15) is 29.1 Å². The first-order valence-electron chi connectivity index (χ1n) is 6.07. The van der Waals surface area contributed by atoms with E-state index in [1.807, 2.05) is 37.7 Å². The molecule has 102 valence electrons. The van der Waals surface area contributed by atoms with Crippen LogP contribution in [0.3, 0.4) is 0 Å². The second-order valence-electron chi connectivity index (χ2n) is 4.36. The summed E-state index contributed by atoms with van der Waals surface area (Å²) in [6.45, 7) is 4.82. The maximum atomic E-state index is 13.7. The molecule has 1 N–H and O–H groups in total. The highest BCUT2D eigenvalue weighted by atomic mass is 32.2. The van der Waals surface area contributed by atoms with Gasteiger partial charge < -0.3 is 5.32 Å². The Hall–Kier alpha value is -0.910. The van der Waals surface area contributed by atoms with Gasteiger partial charge in [-0.15, -0.1) is 23.1 Å². The third-order valence-corrected chi connectivity index (χ3v) is 4.80. The van der Waals surface area contributed by atoms with E-state index in [1.54, 1.807) is 17.4 Å². The summed E-state index contributed by atoms with van der Waals surface area (Å²) >= 11 is 3.07. The molecule has 1 aromatic heterocycles. The Bertz CT molecular complexity index is 554. The molecule has 0 saturated heterocycles. The Morgan fingerprint density at radius 3 is 2.84 bits per heavy atom. The van der Waals surface area contributed by atoms with Crippen LogP contribution in [0.4, 0.5) is 4.39 Å². The summed E-state index contributed by atoms with van der Waals surface area (Å²) in [5.41, 5.74) is 3.88. The van der Waals surface area contributed by atoms with Gasteiger partial charge in [0, 0.05) is 22.4 Å². The number of hydrogen-bond donors (Lipinski definition) is 1. The van der Waals surface area contributed by atoms with Crippen LogP contribution in [0.25, 0.3) is 0 Å². The van der Waals surface area contributed by atoms with E-state index >= 15 is 0 Å². The quantitative estimate of drug-likeness (QED) is 0.839. The van der Waals surface area contributed by atoms with Crippen molar-refractivity contribution in [2.45, 2.75) is 31.3 Å². The molecule has 0 spiro atoms. The molecule has 0 radical (unpaired) electrons. The molecular formula is C14H17FN2S2. The second kappa shape index (κ2) is 6.50. The molecule has 19 heavy (non-hydrogen) atoms. The maximum Gasteiger partial charge on any atom is 0.137 e. The van der Waals surface area contributed by atoms with Gasteiger partial charge in [0.2, 0.25) is 0 Å². The van der Waals surface area contributed by atoms with E-state index in [2.05, 4.69) is 10.3 Å². The highest BCUT2D eigenvalue weighted by molar-refractivity contribution is 7.98. The van der Waals surface area contributed by atoms with E-state index in [1.165, 1.54) is 16.6 Å². The minimum Gasteiger partial charge on any atom is -0.305 e. The zero-order valence-corrected chi connectivity index (χ0v) is 12.9. The van der Waals surface area contributed by atoms with Gasteiger partial charge in [-0.3, -0.25) is 0 Å². The van der Waals surface area contributed by atoms with Gasteiger partial charge in [0.15, 0.2) is 0 Å². The van der Waals surface area contributed by atoms with Crippen molar-refractivity contribution in [3.63, 3.8) is 0 Å². The second-order valence-corrected chi connectivity index (χ2v) is 6.14. The molecule has 2 nitrogen and oxygen atoms in total. The Morgan fingerprint density at radius 2 is 2.26 bits per heavy atom. The fourth-order valence-electron chi connectivity index (χ4n) is 1.81. The molecule has 0 aliphatic rings. The monoisotopic (exact) mass is 296 g/mol. The molecule has 1 aromatic carbocycles. The van der Waals surface area contributed by atoms with Crippen LogP contribution in [0.5, 0.6) is 0 Å². The van der Waals surface area contributed by atoms with Crippen LogP contribution in [-0.4, -0.2) is 11.2 Å². The molecule has 2 aromatic rings. The minimum absolute atomic E-state index is 0.118. The molecule has 0 amide bonds. The SMILES string of the molecule is CSc1ccc(C(C)NCc2scnc2C)cc1F. The zero-order valence-electron chi connectivity index (χ0n) is 11.2. The number of thiazole rings is 1. The number of rotatable bonds is 5. The first-order chi connectivity index (χ1) is 9.11. The smallest absolute Gasteiger partial charge is 0.137 e. The third kappa shape index (κ3) is 3.55. The summed E-state index contributed by atoms with van der Waals surface area (Å²) in [5.74, 6) is -0.146. The lowest BCUT2D eigenvalue weighted by Gasteiger charge is -2.14. The molecule has 0 bridgehead atoms. The summed E-state index contributed by atoms with van der Waals surface area (Å²) in [5, 5.41) is 3.40. The number of aromatic nitrogens is 1. The molecule has 1 atom stereocenters. The van der Waals surface area contributed by atoms with Crippen molar-refractivity contribution in [3.05, 3.63) is 45.7 Å². The van der Waals surface area contributed by atoms with Crippen LogP contribution in [0, 0.1) is 12.7 Å². The lowest BCUT2D eigenvalue weighted by molar-refractivity contribution is 0.560. The Balaban J connectivity index is 2.02. The Labute approximate surface area is 121 Å². The lowest BCUT2D eigenvalue weighted by Crippen LogP contribution is -2.18. The van der Waals surface area contributed by atoms with Gasteiger partial charge in [0.1, 0.15) is 5.82 Å². The molecule has 1 unspecified atom stereocenters. The van der Waals surface area contributed by atoms with E-state index in [4.69, 9.17) is 0 Å². The van der Waals surface area contributed by atoms with E-state index in [0.717, 1.165) is 17.8 Å². The number of thioether (sulfide) groups is 1. The lowest BCUT2D eigenvalue weighted by atomic mass is 10.1. The van der Waals surface area contributed by atoms with Crippen molar-refractivity contribution in [2.24, 2.45) is 0 Å². The van der Waals surface area contributed by atoms with Gasteiger partial charge in [-0.2, -0.15) is 0 Å². The summed E-state index contributed by atoms with van der Waals surface area (Å²) < 4.78 is 13.7. The van der Waals surface area contributed by atoms with Crippen molar-refractivity contribution >= 4 is 23.1 Å². The normalized spacial score (nSPS) is 12.6. The zero-order chi connectivity index (χ0) is 13.8. The van der Waals surface area contributed by atoms with Crippen LogP contribution in [-0.2, 0) is 6.54 Å². The summed E-state index contributed by atoms with van der Waals surface area (Å²) in [7, 11) is 0. The maximum absolute atomic E-state index is 13.7. The average Bonchev–Trinajstić information content (AvgIpc) is 2.81. The van der Waals surface area contributed by atoms with Crippen molar-refractivity contribution in [1.82, 2.24) is 10.3 Å². The van der Waals surface area contributed by atoms with E-state index in [-0.39, 0.29) is 11.9 Å². The molecule has 2 rings (SSSR count). The number of nitrogens with zero attached hydrogens (tertiary/aromatic N) is 1. The summed E-state index contributed by atoms with van der Waals surface area (Å²) in [6.07, 6.45) is 1.88. The highest BCUT2D eigenvalue weighted by Crippen LogP contribution is 2.23. The van der Waals surface area contributed by atoms with Gasteiger partial charge in [-0.1, -0.05) is 6.07 Å². The minimum atomic E-state index is -0.146. The van der Waals surface area contributed by atoms with Gasteiger partial charge in [0.05, 0.1) is 11.2 Å². The number of halogens is 1. The predicted octanol–water partition coefficient (Wildman–Crippen LogP) is 4.16. The van der Waals surface area contributed by atoms with Gasteiger partial charge in [-0.05, 0) is 37.8 Å².